The molecule has 1 aromatic rings. The van der Waals surface area contributed by atoms with Crippen molar-refractivity contribution in [3.05, 3.63) is 23.3 Å². The maximum atomic E-state index is 5.46. The van der Waals surface area contributed by atoms with Gasteiger partial charge in [0.15, 0.2) is 17.5 Å². The van der Waals surface area contributed by atoms with Crippen LogP contribution in [0.2, 0.25) is 0 Å². The second-order valence-corrected chi connectivity index (χ2v) is 7.07. The predicted molar refractivity (Wildman–Crippen MR) is 123 cm³/mol. The van der Waals surface area contributed by atoms with E-state index in [0.717, 1.165) is 56.5 Å². The molecule has 0 aliphatic carbocycles. The van der Waals surface area contributed by atoms with Crippen molar-refractivity contribution in [2.45, 2.75) is 32.7 Å². The molecule has 0 radical (unpaired) electrons. The van der Waals surface area contributed by atoms with Crippen molar-refractivity contribution >= 4 is 41.7 Å². The number of rotatable bonds is 8. The summed E-state index contributed by atoms with van der Waals surface area (Å²) in [7, 11) is 3.37. The van der Waals surface area contributed by atoms with Gasteiger partial charge < -0.3 is 19.7 Å². The van der Waals surface area contributed by atoms with Crippen LogP contribution in [-0.2, 0) is 13.0 Å². The van der Waals surface area contributed by atoms with Gasteiger partial charge in [0.2, 0.25) is 0 Å². The average molecular weight is 493 g/mol. The first-order valence-electron chi connectivity index (χ1n) is 8.99. The summed E-state index contributed by atoms with van der Waals surface area (Å²) >= 11 is 1.90. The standard InChI is InChI=1S/C19H31N3O2S.HI/c1-5-20-19(21-9-6-7-11-25-4)22-10-8-15-12-17(23-2)18(24-3)13-16(15)14-22;/h12-13H,5-11,14H2,1-4H3,(H,20,21);1H. The predicted octanol–water partition coefficient (Wildman–Crippen LogP) is 3.79. The Hall–Kier alpha value is -0.830. The lowest BCUT2D eigenvalue weighted by atomic mass is 9.99. The van der Waals surface area contributed by atoms with E-state index in [9.17, 15) is 0 Å². The van der Waals surface area contributed by atoms with Gasteiger partial charge in [-0.15, -0.1) is 24.0 Å². The van der Waals surface area contributed by atoms with Crippen LogP contribution in [0.15, 0.2) is 17.1 Å². The molecule has 1 aliphatic rings. The summed E-state index contributed by atoms with van der Waals surface area (Å²) in [4.78, 5) is 7.16. The highest BCUT2D eigenvalue weighted by molar-refractivity contribution is 14.0. The summed E-state index contributed by atoms with van der Waals surface area (Å²) in [5, 5.41) is 3.44. The van der Waals surface area contributed by atoms with Crippen molar-refractivity contribution in [2.75, 3.05) is 45.9 Å². The van der Waals surface area contributed by atoms with Crippen molar-refractivity contribution in [1.82, 2.24) is 10.2 Å². The van der Waals surface area contributed by atoms with Gasteiger partial charge in [0.05, 0.1) is 14.2 Å². The number of guanidine groups is 1. The fourth-order valence-electron chi connectivity index (χ4n) is 3.03. The van der Waals surface area contributed by atoms with Gasteiger partial charge in [-0.3, -0.25) is 4.99 Å². The molecule has 0 saturated heterocycles. The van der Waals surface area contributed by atoms with Gasteiger partial charge in [-0.05, 0) is 61.5 Å². The molecule has 2 rings (SSSR count). The van der Waals surface area contributed by atoms with E-state index in [4.69, 9.17) is 14.5 Å². The monoisotopic (exact) mass is 493 g/mol. The largest absolute Gasteiger partial charge is 0.493 e. The number of hydrogen-bond donors (Lipinski definition) is 1. The Morgan fingerprint density at radius 1 is 1.19 bits per heavy atom. The summed E-state index contributed by atoms with van der Waals surface area (Å²) in [5.41, 5.74) is 2.63. The van der Waals surface area contributed by atoms with Gasteiger partial charge in [0.25, 0.3) is 0 Å². The molecular formula is C19H32IN3O2S. The third-order valence-corrected chi connectivity index (χ3v) is 5.07. The Morgan fingerprint density at radius 3 is 2.50 bits per heavy atom. The van der Waals surface area contributed by atoms with Crippen molar-refractivity contribution in [1.29, 1.82) is 0 Å². The van der Waals surface area contributed by atoms with Gasteiger partial charge >= 0.3 is 0 Å². The summed E-state index contributed by atoms with van der Waals surface area (Å²) in [6.07, 6.45) is 5.52. The molecule has 5 nitrogen and oxygen atoms in total. The van der Waals surface area contributed by atoms with E-state index < -0.39 is 0 Å². The van der Waals surface area contributed by atoms with Crippen molar-refractivity contribution in [3.8, 4) is 11.5 Å². The molecule has 0 unspecified atom stereocenters. The lowest BCUT2D eigenvalue weighted by Gasteiger charge is -2.32. The van der Waals surface area contributed by atoms with Gasteiger partial charge in [-0.25, -0.2) is 0 Å². The summed E-state index contributed by atoms with van der Waals surface area (Å²) < 4.78 is 10.9. The molecule has 26 heavy (non-hydrogen) atoms. The Bertz CT molecular complexity index is 584. The van der Waals surface area contributed by atoms with E-state index in [-0.39, 0.29) is 24.0 Å². The zero-order valence-electron chi connectivity index (χ0n) is 16.3. The number of methoxy groups -OCH3 is 2. The van der Waals surface area contributed by atoms with Crippen LogP contribution in [0.5, 0.6) is 11.5 Å². The van der Waals surface area contributed by atoms with E-state index in [1.54, 1.807) is 14.2 Å². The third kappa shape index (κ3) is 6.40. The Labute approximate surface area is 179 Å². The quantitative estimate of drug-likeness (QED) is 0.259. The summed E-state index contributed by atoms with van der Waals surface area (Å²) in [6.45, 7) is 5.72. The zero-order valence-corrected chi connectivity index (χ0v) is 19.5. The number of thioether (sulfide) groups is 1. The molecule has 0 spiro atoms. The number of nitrogens with zero attached hydrogens (tertiary/aromatic N) is 2. The average Bonchev–Trinajstić information content (AvgIpc) is 2.65. The molecule has 0 aromatic heterocycles. The lowest BCUT2D eigenvalue weighted by Crippen LogP contribution is -2.44. The van der Waals surface area contributed by atoms with Crippen LogP contribution in [0, 0.1) is 0 Å². The molecular weight excluding hydrogens is 461 g/mol. The number of halogens is 1. The van der Waals surface area contributed by atoms with Crippen LogP contribution < -0.4 is 14.8 Å². The molecule has 1 aromatic carbocycles. The Morgan fingerprint density at radius 2 is 1.88 bits per heavy atom. The molecule has 0 atom stereocenters. The van der Waals surface area contributed by atoms with Gasteiger partial charge in [-0.1, -0.05) is 0 Å². The van der Waals surface area contributed by atoms with Gasteiger partial charge in [0.1, 0.15) is 0 Å². The van der Waals surface area contributed by atoms with Crippen LogP contribution in [0.25, 0.3) is 0 Å². The molecule has 0 bridgehead atoms. The van der Waals surface area contributed by atoms with E-state index >= 15 is 0 Å². The number of unbranched alkanes of at least 4 members (excludes halogenated alkanes) is 1. The number of fused-ring (bicyclic) bond motifs is 1. The van der Waals surface area contributed by atoms with E-state index in [2.05, 4.69) is 35.5 Å². The highest BCUT2D eigenvalue weighted by atomic mass is 127. The van der Waals surface area contributed by atoms with E-state index in [1.807, 2.05) is 11.8 Å². The number of aliphatic imine (C=N–C) groups is 1. The van der Waals surface area contributed by atoms with Crippen LogP contribution >= 0.6 is 35.7 Å². The Kier molecular flexibility index (Phi) is 11.2. The SMILES string of the molecule is CCNC(=NCCCCSC)N1CCc2cc(OC)c(OC)cc2C1.I. The molecule has 0 amide bonds. The lowest BCUT2D eigenvalue weighted by molar-refractivity contribution is 0.346. The molecule has 1 aliphatic heterocycles. The second kappa shape index (κ2) is 12.5. The number of ether oxygens (including phenoxy) is 2. The first-order valence-corrected chi connectivity index (χ1v) is 10.4. The van der Waals surface area contributed by atoms with Crippen LogP contribution in [0.4, 0.5) is 0 Å². The van der Waals surface area contributed by atoms with E-state index in [1.165, 1.54) is 23.3 Å². The third-order valence-electron chi connectivity index (χ3n) is 4.37. The van der Waals surface area contributed by atoms with Gasteiger partial charge in [-0.2, -0.15) is 11.8 Å². The fraction of sp³-hybridized carbons (Fsp3) is 0.632. The highest BCUT2D eigenvalue weighted by Crippen LogP contribution is 2.33. The van der Waals surface area contributed by atoms with Gasteiger partial charge in [0, 0.05) is 26.2 Å². The fourth-order valence-corrected chi connectivity index (χ4v) is 3.53. The van der Waals surface area contributed by atoms with Crippen molar-refractivity contribution in [3.63, 3.8) is 0 Å². The molecule has 1 heterocycles. The number of nitrogens with one attached hydrogen (secondary N) is 1. The summed E-state index contributed by atoms with van der Waals surface area (Å²) in [5.74, 6) is 3.84. The molecule has 0 saturated carbocycles. The maximum Gasteiger partial charge on any atom is 0.194 e. The maximum absolute atomic E-state index is 5.46. The number of benzene rings is 1. The normalized spacial score (nSPS) is 13.7. The smallest absolute Gasteiger partial charge is 0.194 e. The molecule has 7 heteroatoms. The minimum absolute atomic E-state index is 0. The molecule has 1 N–H and O–H groups in total. The first-order chi connectivity index (χ1) is 12.2. The van der Waals surface area contributed by atoms with Crippen molar-refractivity contribution in [2.24, 2.45) is 4.99 Å². The van der Waals surface area contributed by atoms with Crippen LogP contribution in [0.3, 0.4) is 0 Å². The topological polar surface area (TPSA) is 46.1 Å². The van der Waals surface area contributed by atoms with Crippen LogP contribution in [-0.4, -0.2) is 56.7 Å². The first kappa shape index (κ1) is 23.2. The van der Waals surface area contributed by atoms with Crippen LogP contribution in [0.1, 0.15) is 30.9 Å². The molecule has 0 fully saturated rings. The highest BCUT2D eigenvalue weighted by Gasteiger charge is 2.21. The van der Waals surface area contributed by atoms with Crippen molar-refractivity contribution < 1.29 is 9.47 Å². The second-order valence-electron chi connectivity index (χ2n) is 6.08. The molecule has 148 valence electrons. The minimum atomic E-state index is 0. The Balaban J connectivity index is 0.00000338. The zero-order chi connectivity index (χ0) is 18.1. The minimum Gasteiger partial charge on any atom is -0.493 e. The summed E-state index contributed by atoms with van der Waals surface area (Å²) in [6, 6.07) is 4.21. The van der Waals surface area contributed by atoms with E-state index in [0.29, 0.717) is 0 Å². The number of hydrogen-bond acceptors (Lipinski definition) is 4.